The Kier molecular flexibility index (Phi) is 6.37. The van der Waals surface area contributed by atoms with Crippen LogP contribution in [0.5, 0.6) is 0 Å². The first-order valence-electron chi connectivity index (χ1n) is 8.74. The Hall–Kier alpha value is -2.99. The SMILES string of the molecule is O=C(c1ccncc1)N1CCN(C(=O)c2ccc(NS(=O)O)c(C(F)(F)F)c2)CC1. The number of halogens is 3. The number of alkyl halides is 3. The highest BCUT2D eigenvalue weighted by atomic mass is 32.2. The van der Waals surface area contributed by atoms with Gasteiger partial charge in [0.1, 0.15) is 0 Å². The number of aromatic nitrogens is 1. The van der Waals surface area contributed by atoms with Crippen LogP contribution in [0.15, 0.2) is 42.7 Å². The number of pyridine rings is 1. The molecule has 1 aromatic carbocycles. The number of rotatable bonds is 4. The summed E-state index contributed by atoms with van der Waals surface area (Å²) in [4.78, 5) is 31.9. The van der Waals surface area contributed by atoms with Crippen molar-refractivity contribution in [3.05, 3.63) is 59.4 Å². The largest absolute Gasteiger partial charge is 0.418 e. The third-order valence-electron chi connectivity index (χ3n) is 4.55. The maximum atomic E-state index is 13.3. The van der Waals surface area contributed by atoms with Gasteiger partial charge < -0.3 is 9.80 Å². The highest BCUT2D eigenvalue weighted by molar-refractivity contribution is 7.80. The number of hydrogen-bond donors (Lipinski definition) is 2. The molecule has 1 aliphatic heterocycles. The van der Waals surface area contributed by atoms with Crippen LogP contribution in [-0.2, 0) is 17.4 Å². The molecule has 12 heteroatoms. The van der Waals surface area contributed by atoms with E-state index in [1.165, 1.54) is 17.3 Å². The van der Waals surface area contributed by atoms with Crippen LogP contribution in [0.1, 0.15) is 26.3 Å². The second kappa shape index (κ2) is 8.79. The Labute approximate surface area is 172 Å². The van der Waals surface area contributed by atoms with Crippen molar-refractivity contribution in [1.82, 2.24) is 14.8 Å². The van der Waals surface area contributed by atoms with Gasteiger partial charge in [-0.25, -0.2) is 4.21 Å². The molecule has 8 nitrogen and oxygen atoms in total. The van der Waals surface area contributed by atoms with Crippen LogP contribution in [0.2, 0.25) is 0 Å². The van der Waals surface area contributed by atoms with Crippen molar-refractivity contribution < 1.29 is 31.5 Å². The summed E-state index contributed by atoms with van der Waals surface area (Å²) in [6.07, 6.45) is -1.83. The average Bonchev–Trinajstić information content (AvgIpc) is 2.72. The summed E-state index contributed by atoms with van der Waals surface area (Å²) in [6, 6.07) is 5.89. The van der Waals surface area contributed by atoms with Gasteiger partial charge in [0.25, 0.3) is 23.1 Å². The van der Waals surface area contributed by atoms with E-state index >= 15 is 0 Å². The minimum atomic E-state index is -4.83. The van der Waals surface area contributed by atoms with E-state index in [0.29, 0.717) is 11.6 Å². The summed E-state index contributed by atoms with van der Waals surface area (Å²) < 4.78 is 61.3. The number of hydrogen-bond acceptors (Lipinski definition) is 4. The van der Waals surface area contributed by atoms with Crippen molar-refractivity contribution in [1.29, 1.82) is 0 Å². The number of amides is 2. The normalized spacial score (nSPS) is 15.6. The van der Waals surface area contributed by atoms with Gasteiger partial charge in [0.15, 0.2) is 0 Å². The molecule has 160 valence electrons. The molecule has 0 radical (unpaired) electrons. The number of anilines is 1. The molecular weight excluding hydrogens is 425 g/mol. The monoisotopic (exact) mass is 442 g/mol. The van der Waals surface area contributed by atoms with E-state index in [1.54, 1.807) is 21.8 Å². The second-order valence-electron chi connectivity index (χ2n) is 6.43. The van der Waals surface area contributed by atoms with E-state index in [0.717, 1.165) is 12.1 Å². The van der Waals surface area contributed by atoms with Crippen molar-refractivity contribution >= 4 is 28.8 Å². The molecule has 1 aromatic heterocycles. The lowest BCUT2D eigenvalue weighted by Crippen LogP contribution is -2.50. The number of nitrogens with zero attached hydrogens (tertiary/aromatic N) is 3. The summed E-state index contributed by atoms with van der Waals surface area (Å²) in [6.45, 7) is 0.805. The Balaban J connectivity index is 1.72. The number of nitrogens with one attached hydrogen (secondary N) is 1. The van der Waals surface area contributed by atoms with Crippen molar-refractivity contribution in [2.75, 3.05) is 30.9 Å². The fraction of sp³-hybridized carbons (Fsp3) is 0.278. The maximum Gasteiger partial charge on any atom is 0.418 e. The van der Waals surface area contributed by atoms with Crippen LogP contribution in [0.3, 0.4) is 0 Å². The highest BCUT2D eigenvalue weighted by Crippen LogP contribution is 2.36. The summed E-state index contributed by atoms with van der Waals surface area (Å²) >= 11 is -2.69. The van der Waals surface area contributed by atoms with Gasteiger partial charge in [-0.15, -0.1) is 0 Å². The van der Waals surface area contributed by atoms with Crippen molar-refractivity contribution in [2.24, 2.45) is 0 Å². The number of carbonyl (C=O) groups is 2. The number of carbonyl (C=O) groups excluding carboxylic acids is 2. The molecule has 1 fully saturated rings. The molecule has 0 spiro atoms. The zero-order valence-electron chi connectivity index (χ0n) is 15.4. The van der Waals surface area contributed by atoms with E-state index in [-0.39, 0.29) is 37.6 Å². The molecule has 2 amide bonds. The molecule has 1 atom stereocenters. The van der Waals surface area contributed by atoms with E-state index in [2.05, 4.69) is 4.98 Å². The minimum Gasteiger partial charge on any atom is -0.335 e. The minimum absolute atomic E-state index is 0.164. The molecule has 2 heterocycles. The van der Waals surface area contributed by atoms with Crippen molar-refractivity contribution in [2.45, 2.75) is 6.18 Å². The smallest absolute Gasteiger partial charge is 0.335 e. The van der Waals surface area contributed by atoms with Gasteiger partial charge >= 0.3 is 6.18 Å². The fourth-order valence-electron chi connectivity index (χ4n) is 3.07. The molecule has 0 aliphatic carbocycles. The van der Waals surface area contributed by atoms with Gasteiger partial charge in [0.05, 0.1) is 11.3 Å². The summed E-state index contributed by atoms with van der Waals surface area (Å²) in [7, 11) is 0. The third-order valence-corrected chi connectivity index (χ3v) is 4.95. The Bertz CT molecular complexity index is 964. The van der Waals surface area contributed by atoms with Crippen LogP contribution in [0.25, 0.3) is 0 Å². The topological polar surface area (TPSA) is 103 Å². The van der Waals surface area contributed by atoms with Gasteiger partial charge in [0, 0.05) is 49.7 Å². The summed E-state index contributed by atoms with van der Waals surface area (Å²) in [5.41, 5.74) is -1.57. The Morgan fingerprint density at radius 2 is 1.50 bits per heavy atom. The number of piperazine rings is 1. The molecule has 0 saturated carbocycles. The molecule has 1 saturated heterocycles. The quantitative estimate of drug-likeness (QED) is 0.707. The van der Waals surface area contributed by atoms with E-state index in [1.807, 2.05) is 0 Å². The first-order chi connectivity index (χ1) is 14.2. The van der Waals surface area contributed by atoms with E-state index < -0.39 is 34.6 Å². The Morgan fingerprint density at radius 1 is 0.967 bits per heavy atom. The van der Waals surface area contributed by atoms with Gasteiger partial charge in [0.2, 0.25) is 0 Å². The predicted molar refractivity (Wildman–Crippen MR) is 102 cm³/mol. The van der Waals surface area contributed by atoms with Crippen LogP contribution in [-0.4, -0.2) is 61.5 Å². The van der Waals surface area contributed by atoms with Crippen molar-refractivity contribution in [3.8, 4) is 0 Å². The molecule has 30 heavy (non-hydrogen) atoms. The molecule has 2 aromatic rings. The summed E-state index contributed by atoms with van der Waals surface area (Å²) in [5, 5.41) is 0. The highest BCUT2D eigenvalue weighted by Gasteiger charge is 2.35. The van der Waals surface area contributed by atoms with Gasteiger partial charge in [-0.1, -0.05) is 0 Å². The zero-order chi connectivity index (χ0) is 21.9. The first-order valence-corrected chi connectivity index (χ1v) is 9.85. The molecule has 0 bridgehead atoms. The van der Waals surface area contributed by atoms with Crippen LogP contribution < -0.4 is 4.72 Å². The van der Waals surface area contributed by atoms with Crippen molar-refractivity contribution in [3.63, 3.8) is 0 Å². The second-order valence-corrected chi connectivity index (χ2v) is 7.13. The van der Waals surface area contributed by atoms with Gasteiger partial charge in [-0.2, -0.15) is 13.2 Å². The van der Waals surface area contributed by atoms with Gasteiger partial charge in [-0.3, -0.25) is 23.8 Å². The maximum absolute atomic E-state index is 13.3. The van der Waals surface area contributed by atoms with Crippen LogP contribution in [0, 0.1) is 0 Å². The number of benzene rings is 1. The van der Waals surface area contributed by atoms with E-state index in [9.17, 15) is 27.0 Å². The van der Waals surface area contributed by atoms with E-state index in [4.69, 9.17) is 4.55 Å². The first kappa shape index (κ1) is 21.7. The van der Waals surface area contributed by atoms with Gasteiger partial charge in [-0.05, 0) is 30.3 Å². The molecule has 2 N–H and O–H groups in total. The standard InChI is InChI=1S/C18H17F3N4O4S/c19-18(20,21)14-11-13(1-2-15(14)23-30(28)29)17(27)25-9-7-24(8-10-25)16(26)12-3-5-22-6-4-12/h1-6,11,23H,7-10H2,(H,28,29). The lowest BCUT2D eigenvalue weighted by atomic mass is 10.1. The predicted octanol–water partition coefficient (Wildman–Crippen LogP) is 2.25. The lowest BCUT2D eigenvalue weighted by Gasteiger charge is -2.35. The molecule has 3 rings (SSSR count). The molecule has 1 unspecified atom stereocenters. The average molecular weight is 442 g/mol. The molecule has 1 aliphatic rings. The molecular formula is C18H17F3N4O4S. The third kappa shape index (κ3) is 4.94. The van der Waals surface area contributed by atoms with Crippen LogP contribution >= 0.6 is 0 Å². The fourth-order valence-corrected chi connectivity index (χ4v) is 3.43. The lowest BCUT2D eigenvalue weighted by molar-refractivity contribution is -0.136. The zero-order valence-corrected chi connectivity index (χ0v) is 16.2. The summed E-state index contributed by atoms with van der Waals surface area (Å²) in [5.74, 6) is -0.829. The Morgan fingerprint density at radius 3 is 2.00 bits per heavy atom. The van der Waals surface area contributed by atoms with Crippen LogP contribution in [0.4, 0.5) is 18.9 Å².